The van der Waals surface area contributed by atoms with Crippen LogP contribution in [0.3, 0.4) is 0 Å². The molecule has 0 aliphatic carbocycles. The fourth-order valence-electron chi connectivity index (χ4n) is 3.00. The van der Waals surface area contributed by atoms with Crippen molar-refractivity contribution in [2.45, 2.75) is 6.54 Å². The number of rotatable bonds is 5. The first-order valence-electron chi connectivity index (χ1n) is 8.32. The number of aromatic nitrogens is 6. The summed E-state index contributed by atoms with van der Waals surface area (Å²) in [7, 11) is 5.12. The van der Waals surface area contributed by atoms with Crippen LogP contribution in [-0.2, 0) is 13.6 Å². The number of aryl methyl sites for hydroxylation is 1. The molecule has 1 aromatic carbocycles. The van der Waals surface area contributed by atoms with Gasteiger partial charge in [0.1, 0.15) is 28.3 Å². The molecule has 3 aromatic heterocycles. The number of halogens is 1. The van der Waals surface area contributed by atoms with Gasteiger partial charge < -0.3 is 10.1 Å². The number of H-pyrrole nitrogens is 1. The highest BCUT2D eigenvalue weighted by atomic mass is 19.1. The smallest absolute Gasteiger partial charge is 0.166 e. The third-order valence-electron chi connectivity index (χ3n) is 4.22. The van der Waals surface area contributed by atoms with Gasteiger partial charge in [0.25, 0.3) is 0 Å². The average molecular weight is 367 g/mol. The molecule has 0 amide bonds. The Labute approximate surface area is 154 Å². The molecule has 0 saturated carbocycles. The van der Waals surface area contributed by atoms with Gasteiger partial charge in [-0.3, -0.25) is 9.78 Å². The van der Waals surface area contributed by atoms with Gasteiger partial charge in [-0.1, -0.05) is 0 Å². The number of aromatic amines is 1. The summed E-state index contributed by atoms with van der Waals surface area (Å²) in [5.74, 6) is 0.177. The Kier molecular flexibility index (Phi) is 4.28. The molecule has 0 fully saturated rings. The molecule has 4 rings (SSSR count). The molecule has 0 bridgehead atoms. The quantitative estimate of drug-likeness (QED) is 0.562. The summed E-state index contributed by atoms with van der Waals surface area (Å²) in [6.45, 7) is 0.528. The van der Waals surface area contributed by atoms with Crippen LogP contribution in [0.5, 0.6) is 5.75 Å². The molecule has 0 spiro atoms. The summed E-state index contributed by atoms with van der Waals surface area (Å²) < 4.78 is 21.9. The summed E-state index contributed by atoms with van der Waals surface area (Å²) in [6.07, 6.45) is 5.13. The minimum absolute atomic E-state index is 0.220. The Bertz CT molecular complexity index is 1120. The van der Waals surface area contributed by atoms with Crippen LogP contribution in [0.15, 0.2) is 30.7 Å². The number of nitrogens with zero attached hydrogens (tertiary/aromatic N) is 5. The average Bonchev–Trinajstić information content (AvgIpc) is 3.26. The number of nitrogens with one attached hydrogen (secondary N) is 2. The fourth-order valence-corrected chi connectivity index (χ4v) is 3.00. The Morgan fingerprint density at radius 3 is 2.85 bits per heavy atom. The minimum Gasteiger partial charge on any atom is -0.496 e. The second kappa shape index (κ2) is 6.76. The summed E-state index contributed by atoms with van der Waals surface area (Å²) in [4.78, 5) is 8.85. The largest absolute Gasteiger partial charge is 0.496 e. The molecular formula is C18H18FN7O. The van der Waals surface area contributed by atoms with E-state index in [2.05, 4.69) is 30.6 Å². The number of fused-ring (bicyclic) bond motifs is 1. The van der Waals surface area contributed by atoms with Gasteiger partial charge in [0.05, 0.1) is 25.1 Å². The first-order chi connectivity index (χ1) is 13.1. The zero-order valence-corrected chi connectivity index (χ0v) is 15.1. The van der Waals surface area contributed by atoms with Gasteiger partial charge >= 0.3 is 0 Å². The monoisotopic (exact) mass is 367 g/mol. The maximum Gasteiger partial charge on any atom is 0.166 e. The molecule has 0 saturated heterocycles. The van der Waals surface area contributed by atoms with Crippen molar-refractivity contribution in [3.05, 3.63) is 42.1 Å². The maximum atomic E-state index is 14.8. The molecule has 0 atom stereocenters. The second-order valence-electron chi connectivity index (χ2n) is 6.12. The van der Waals surface area contributed by atoms with Gasteiger partial charge in [0, 0.05) is 25.4 Å². The van der Waals surface area contributed by atoms with E-state index in [-0.39, 0.29) is 11.4 Å². The zero-order chi connectivity index (χ0) is 19.0. The van der Waals surface area contributed by atoms with E-state index in [9.17, 15) is 4.39 Å². The first-order valence-corrected chi connectivity index (χ1v) is 8.32. The van der Waals surface area contributed by atoms with Crippen LogP contribution in [0.1, 0.15) is 5.56 Å². The van der Waals surface area contributed by atoms with Gasteiger partial charge in [-0.25, -0.2) is 14.4 Å². The van der Waals surface area contributed by atoms with E-state index in [1.54, 1.807) is 30.2 Å². The van der Waals surface area contributed by atoms with Crippen LogP contribution in [0.4, 0.5) is 4.39 Å². The molecule has 27 heavy (non-hydrogen) atoms. The molecular weight excluding hydrogens is 349 g/mol. The molecule has 8 nitrogen and oxygen atoms in total. The van der Waals surface area contributed by atoms with Crippen molar-refractivity contribution in [3.8, 4) is 28.4 Å². The van der Waals surface area contributed by atoms with Gasteiger partial charge in [-0.2, -0.15) is 10.2 Å². The standard InChI is InChI=1S/C18H18FN7O/c1-20-6-10-4-12(19)15(14(5-10)27-3)18-21-8-13-17(23-18)16(25-24-13)11-7-22-26(2)9-11/h4-5,7-9,20H,6H2,1-3H3,(H,24,25). The number of hydrogen-bond acceptors (Lipinski definition) is 6. The molecule has 0 aliphatic heterocycles. The van der Waals surface area contributed by atoms with Crippen LogP contribution >= 0.6 is 0 Å². The van der Waals surface area contributed by atoms with E-state index in [0.717, 1.165) is 11.1 Å². The van der Waals surface area contributed by atoms with Crippen LogP contribution in [0.2, 0.25) is 0 Å². The summed E-state index contributed by atoms with van der Waals surface area (Å²) in [5, 5.41) is 14.4. The topological polar surface area (TPSA) is 93.5 Å². The van der Waals surface area contributed by atoms with Crippen molar-refractivity contribution in [1.29, 1.82) is 0 Å². The van der Waals surface area contributed by atoms with Gasteiger partial charge in [-0.15, -0.1) is 0 Å². The summed E-state index contributed by atoms with van der Waals surface area (Å²) in [5.41, 5.74) is 3.68. The highest BCUT2D eigenvalue weighted by Gasteiger charge is 2.19. The lowest BCUT2D eigenvalue weighted by Gasteiger charge is -2.11. The van der Waals surface area contributed by atoms with E-state index < -0.39 is 5.82 Å². The van der Waals surface area contributed by atoms with Crippen molar-refractivity contribution >= 4 is 11.0 Å². The summed E-state index contributed by atoms with van der Waals surface area (Å²) >= 11 is 0. The molecule has 3 heterocycles. The number of hydrogen-bond donors (Lipinski definition) is 2. The van der Waals surface area contributed by atoms with E-state index in [1.807, 2.05) is 13.2 Å². The lowest BCUT2D eigenvalue weighted by Crippen LogP contribution is -2.06. The van der Waals surface area contributed by atoms with Gasteiger partial charge in [0.2, 0.25) is 0 Å². The Balaban J connectivity index is 1.87. The second-order valence-corrected chi connectivity index (χ2v) is 6.12. The van der Waals surface area contributed by atoms with Crippen LogP contribution in [-0.4, -0.2) is 44.1 Å². The van der Waals surface area contributed by atoms with E-state index >= 15 is 0 Å². The van der Waals surface area contributed by atoms with Gasteiger partial charge in [-0.05, 0) is 24.7 Å². The highest BCUT2D eigenvalue weighted by molar-refractivity contribution is 5.90. The molecule has 2 N–H and O–H groups in total. The SMILES string of the molecule is CNCc1cc(F)c(-c2ncc3[nH]nc(-c4cnn(C)c4)c3n2)c(OC)c1. The molecule has 0 unspecified atom stereocenters. The van der Waals surface area contributed by atoms with E-state index in [0.29, 0.717) is 29.0 Å². The fraction of sp³-hybridized carbons (Fsp3) is 0.222. The van der Waals surface area contributed by atoms with Crippen LogP contribution < -0.4 is 10.1 Å². The van der Waals surface area contributed by atoms with E-state index in [4.69, 9.17) is 4.74 Å². The zero-order valence-electron chi connectivity index (χ0n) is 15.1. The Morgan fingerprint density at radius 2 is 2.15 bits per heavy atom. The normalized spacial score (nSPS) is 11.3. The van der Waals surface area contributed by atoms with E-state index in [1.165, 1.54) is 13.2 Å². The number of methoxy groups -OCH3 is 1. The third kappa shape index (κ3) is 3.02. The van der Waals surface area contributed by atoms with Crippen molar-refractivity contribution in [3.63, 3.8) is 0 Å². The predicted molar refractivity (Wildman–Crippen MR) is 98.6 cm³/mol. The highest BCUT2D eigenvalue weighted by Crippen LogP contribution is 2.33. The molecule has 9 heteroatoms. The van der Waals surface area contributed by atoms with Crippen molar-refractivity contribution in [2.24, 2.45) is 7.05 Å². The minimum atomic E-state index is -0.439. The molecule has 0 aliphatic rings. The first kappa shape index (κ1) is 17.1. The number of ether oxygens (including phenoxy) is 1. The summed E-state index contributed by atoms with van der Waals surface area (Å²) in [6, 6.07) is 3.24. The third-order valence-corrected chi connectivity index (χ3v) is 4.22. The lowest BCUT2D eigenvalue weighted by atomic mass is 10.1. The van der Waals surface area contributed by atoms with Gasteiger partial charge in [0.15, 0.2) is 5.82 Å². The Hall–Kier alpha value is -3.33. The molecule has 138 valence electrons. The van der Waals surface area contributed by atoms with Crippen LogP contribution in [0, 0.1) is 5.82 Å². The van der Waals surface area contributed by atoms with Crippen molar-refractivity contribution < 1.29 is 9.13 Å². The lowest BCUT2D eigenvalue weighted by molar-refractivity contribution is 0.412. The van der Waals surface area contributed by atoms with Crippen molar-refractivity contribution in [1.82, 2.24) is 35.3 Å². The molecule has 4 aromatic rings. The maximum absolute atomic E-state index is 14.8. The Morgan fingerprint density at radius 1 is 1.30 bits per heavy atom. The number of benzene rings is 1. The van der Waals surface area contributed by atoms with Crippen LogP contribution in [0.25, 0.3) is 33.7 Å². The molecule has 0 radical (unpaired) electrons. The predicted octanol–water partition coefficient (Wildman–Crippen LogP) is 2.29. The van der Waals surface area contributed by atoms with Crippen molar-refractivity contribution in [2.75, 3.05) is 14.2 Å².